The molecule has 0 fully saturated rings. The van der Waals surface area contributed by atoms with Crippen molar-refractivity contribution >= 4 is 28.7 Å². The number of aryl methyl sites for hydroxylation is 2. The Bertz CT molecular complexity index is 1080. The van der Waals surface area contributed by atoms with Gasteiger partial charge in [-0.2, -0.15) is 0 Å². The molecule has 3 N–H and O–H groups in total. The summed E-state index contributed by atoms with van der Waals surface area (Å²) in [7, 11) is 6.36. The van der Waals surface area contributed by atoms with E-state index in [0.29, 0.717) is 16.8 Å². The molecule has 0 bridgehead atoms. The number of oxazole rings is 1. The van der Waals surface area contributed by atoms with Gasteiger partial charge in [0.25, 0.3) is 0 Å². The van der Waals surface area contributed by atoms with E-state index in [1.54, 1.807) is 18.2 Å². The summed E-state index contributed by atoms with van der Waals surface area (Å²) in [6.07, 6.45) is 0. The van der Waals surface area contributed by atoms with Crippen molar-refractivity contribution in [3.63, 3.8) is 0 Å². The van der Waals surface area contributed by atoms with Gasteiger partial charge in [0.1, 0.15) is 11.3 Å². The molecule has 0 radical (unpaired) electrons. The van der Waals surface area contributed by atoms with Crippen molar-refractivity contribution in [1.82, 2.24) is 4.98 Å². The Morgan fingerprint density at radius 3 is 1.91 bits per heavy atom. The van der Waals surface area contributed by atoms with Crippen LogP contribution >= 0.6 is 0 Å². The second-order valence-corrected chi connectivity index (χ2v) is 6.70. The zero-order valence-electron chi connectivity index (χ0n) is 20.2. The smallest absolute Gasteiger partial charge is 0.397 e. The van der Waals surface area contributed by atoms with Gasteiger partial charge in [0, 0.05) is 21.3 Å². The maximum atomic E-state index is 11.1. The first-order valence-electron chi connectivity index (χ1n) is 9.81. The maximum absolute atomic E-state index is 11.1. The normalized spacial score (nSPS) is 10.4. The zero-order chi connectivity index (χ0) is 25.9. The molecule has 0 aliphatic carbocycles. The van der Waals surface area contributed by atoms with E-state index in [1.807, 2.05) is 32.0 Å². The first-order valence-corrected chi connectivity index (χ1v) is 9.81. The second-order valence-electron chi connectivity index (χ2n) is 6.70. The molecule has 1 aromatic heterocycles. The van der Waals surface area contributed by atoms with Gasteiger partial charge in [-0.25, -0.2) is 14.6 Å². The van der Waals surface area contributed by atoms with Crippen LogP contribution in [0.25, 0.3) is 11.1 Å². The number of nitrogen functional groups attached to an aromatic ring is 1. The van der Waals surface area contributed by atoms with Gasteiger partial charge in [-0.3, -0.25) is 0 Å². The van der Waals surface area contributed by atoms with E-state index >= 15 is 0 Å². The number of hydrogen-bond donors (Lipinski definition) is 2. The minimum absolute atomic E-state index is 0.00639. The molecule has 0 aliphatic rings. The minimum Gasteiger partial charge on any atom is -0.506 e. The number of aromatic nitrogens is 1. The summed E-state index contributed by atoms with van der Waals surface area (Å²) in [5.74, 6) is -2.87. The Hall–Kier alpha value is -3.67. The van der Waals surface area contributed by atoms with Crippen molar-refractivity contribution in [2.24, 2.45) is 0 Å². The zero-order valence-corrected chi connectivity index (χ0v) is 20.2. The van der Waals surface area contributed by atoms with Crippen molar-refractivity contribution in [2.45, 2.75) is 19.8 Å². The lowest BCUT2D eigenvalue weighted by Gasteiger charge is -2.24. The van der Waals surface area contributed by atoms with Crippen LogP contribution in [-0.2, 0) is 28.5 Å². The van der Waals surface area contributed by atoms with Crippen molar-refractivity contribution < 1.29 is 42.8 Å². The summed E-state index contributed by atoms with van der Waals surface area (Å²) < 4.78 is 28.1. The van der Waals surface area contributed by atoms with E-state index in [4.69, 9.17) is 15.3 Å². The molecule has 0 unspecified atom stereocenters. The van der Waals surface area contributed by atoms with Crippen LogP contribution in [0.5, 0.6) is 5.75 Å². The number of hydrogen-bond acceptors (Lipinski definition) is 11. The lowest BCUT2D eigenvalue weighted by atomic mass is 10.2. The van der Waals surface area contributed by atoms with Gasteiger partial charge in [-0.15, -0.1) is 0 Å². The average molecular weight is 478 g/mol. The lowest BCUT2D eigenvalue weighted by Crippen LogP contribution is -2.45. The summed E-state index contributed by atoms with van der Waals surface area (Å²) in [6.45, 7) is 3.88. The Labute approximate surface area is 197 Å². The standard InChI is InChI=1S/C10H9NO3.C7H9NO.C6H12O5/c1-6-3-4-8-7(5-6)11-9(14-8)10(12)13-2;1-5-2-3-7(9)6(8)4-5;1-8-5(7)6(9-2,10-3)11-4/h3-5H,1-2H3;2-4,9H,8H2,1H3;1-4H3. The predicted octanol–water partition coefficient (Wildman–Crippen LogP) is 2.96. The first kappa shape index (κ1) is 28.4. The topological polar surface area (TPSA) is 153 Å². The average Bonchev–Trinajstić information content (AvgIpc) is 3.26. The summed E-state index contributed by atoms with van der Waals surface area (Å²) in [6, 6.07) is 10.7. The van der Waals surface area contributed by atoms with Gasteiger partial charge < -0.3 is 38.9 Å². The molecule has 0 amide bonds. The summed E-state index contributed by atoms with van der Waals surface area (Å²) in [4.78, 5) is 26.0. The molecule has 3 rings (SSSR count). The summed E-state index contributed by atoms with van der Waals surface area (Å²) in [5, 5.41) is 8.92. The van der Waals surface area contributed by atoms with Crippen LogP contribution in [0.3, 0.4) is 0 Å². The van der Waals surface area contributed by atoms with Gasteiger partial charge in [-0.1, -0.05) is 12.1 Å². The first-order chi connectivity index (χ1) is 16.1. The molecule has 0 saturated carbocycles. The van der Waals surface area contributed by atoms with Crippen LogP contribution in [0.2, 0.25) is 0 Å². The number of phenolic OH excluding ortho intramolecular Hbond substituents is 1. The van der Waals surface area contributed by atoms with Crippen LogP contribution < -0.4 is 5.73 Å². The van der Waals surface area contributed by atoms with Crippen molar-refractivity contribution in [3.05, 3.63) is 53.4 Å². The monoisotopic (exact) mass is 478 g/mol. The fourth-order valence-corrected chi connectivity index (χ4v) is 2.51. The SMILES string of the molecule is COC(=O)C(OC)(OC)OC.COC(=O)c1nc2cc(C)ccc2o1.Cc1ccc(O)c(N)c1. The summed E-state index contributed by atoms with van der Waals surface area (Å²) in [5.41, 5.74) is 9.21. The van der Waals surface area contributed by atoms with E-state index in [1.165, 1.54) is 35.5 Å². The molecule has 1 heterocycles. The number of methoxy groups -OCH3 is 5. The van der Waals surface area contributed by atoms with Crippen LogP contribution in [0.1, 0.15) is 21.8 Å². The van der Waals surface area contributed by atoms with Gasteiger partial charge in [-0.05, 0) is 49.2 Å². The number of carbonyl (C=O) groups excluding carboxylic acids is 2. The van der Waals surface area contributed by atoms with E-state index in [-0.39, 0.29) is 11.6 Å². The molecular formula is C23H30N2O9. The minimum atomic E-state index is -1.73. The third kappa shape index (κ3) is 7.44. The van der Waals surface area contributed by atoms with Gasteiger partial charge in [0.2, 0.25) is 0 Å². The highest BCUT2D eigenvalue weighted by Crippen LogP contribution is 2.19. The fourth-order valence-electron chi connectivity index (χ4n) is 2.51. The molecule has 0 atom stereocenters. The van der Waals surface area contributed by atoms with Crippen LogP contribution in [-0.4, -0.2) is 63.6 Å². The quantitative estimate of drug-likeness (QED) is 0.241. The van der Waals surface area contributed by atoms with Crippen LogP contribution in [0, 0.1) is 13.8 Å². The number of ether oxygens (including phenoxy) is 5. The number of nitrogens with two attached hydrogens (primary N) is 1. The third-order valence-corrected chi connectivity index (χ3v) is 4.33. The van der Waals surface area contributed by atoms with E-state index in [9.17, 15) is 9.59 Å². The Morgan fingerprint density at radius 2 is 1.47 bits per heavy atom. The third-order valence-electron chi connectivity index (χ3n) is 4.33. The number of esters is 2. The van der Waals surface area contributed by atoms with E-state index in [2.05, 4.69) is 28.7 Å². The lowest BCUT2D eigenvalue weighted by molar-refractivity contribution is -0.337. The van der Waals surface area contributed by atoms with Crippen LogP contribution in [0.15, 0.2) is 40.8 Å². The molecule has 0 saturated heterocycles. The van der Waals surface area contributed by atoms with Crippen molar-refractivity contribution in [3.8, 4) is 5.75 Å². The van der Waals surface area contributed by atoms with E-state index in [0.717, 1.165) is 11.1 Å². The maximum Gasteiger partial charge on any atom is 0.397 e. The molecule has 11 nitrogen and oxygen atoms in total. The van der Waals surface area contributed by atoms with Gasteiger partial charge >= 0.3 is 23.8 Å². The van der Waals surface area contributed by atoms with Gasteiger partial charge in [0.05, 0.1) is 19.9 Å². The molecule has 0 spiro atoms. The molecule has 34 heavy (non-hydrogen) atoms. The molecule has 3 aromatic rings. The fraction of sp³-hybridized carbons (Fsp3) is 0.348. The number of rotatable bonds is 5. The predicted molar refractivity (Wildman–Crippen MR) is 123 cm³/mol. The number of anilines is 1. The van der Waals surface area contributed by atoms with Gasteiger partial charge in [0.15, 0.2) is 5.58 Å². The molecule has 2 aromatic carbocycles. The number of benzene rings is 2. The molecule has 0 aliphatic heterocycles. The van der Waals surface area contributed by atoms with Crippen molar-refractivity contribution in [2.75, 3.05) is 41.3 Å². The molecule has 186 valence electrons. The Balaban J connectivity index is 0.000000263. The number of phenols is 1. The molecular weight excluding hydrogens is 448 g/mol. The highest BCUT2D eigenvalue weighted by Gasteiger charge is 2.41. The van der Waals surface area contributed by atoms with Crippen molar-refractivity contribution in [1.29, 1.82) is 0 Å². The number of carbonyl (C=O) groups is 2. The van der Waals surface area contributed by atoms with E-state index < -0.39 is 17.9 Å². The highest BCUT2D eigenvalue weighted by atomic mass is 16.9. The number of fused-ring (bicyclic) bond motifs is 1. The second kappa shape index (κ2) is 13.1. The Morgan fingerprint density at radius 1 is 0.912 bits per heavy atom. The largest absolute Gasteiger partial charge is 0.506 e. The highest BCUT2D eigenvalue weighted by molar-refractivity contribution is 5.88. The van der Waals surface area contributed by atoms with Crippen LogP contribution in [0.4, 0.5) is 5.69 Å². The summed E-state index contributed by atoms with van der Waals surface area (Å²) >= 11 is 0. The number of aromatic hydroxyl groups is 1. The molecule has 11 heteroatoms. The number of nitrogens with zero attached hydrogens (tertiary/aromatic N) is 1. The Kier molecular flexibility index (Phi) is 11.0.